The van der Waals surface area contributed by atoms with E-state index in [-0.39, 0.29) is 5.92 Å². The third kappa shape index (κ3) is 6.11. The van der Waals surface area contributed by atoms with Gasteiger partial charge in [-0.05, 0) is 74.5 Å². The van der Waals surface area contributed by atoms with E-state index in [9.17, 15) is 4.79 Å². The molecule has 1 aromatic heterocycles. The van der Waals surface area contributed by atoms with E-state index in [1.54, 1.807) is 0 Å². The number of hydrogen-bond donors (Lipinski definition) is 1. The lowest BCUT2D eigenvalue weighted by Gasteiger charge is -2.26. The summed E-state index contributed by atoms with van der Waals surface area (Å²) in [6, 6.07) is 18.0. The predicted octanol–water partition coefficient (Wildman–Crippen LogP) is 7.92. The van der Waals surface area contributed by atoms with Crippen molar-refractivity contribution in [2.24, 2.45) is 17.6 Å². The van der Waals surface area contributed by atoms with Gasteiger partial charge < -0.3 is 10.3 Å². The van der Waals surface area contributed by atoms with Gasteiger partial charge in [-0.25, -0.2) is 0 Å². The summed E-state index contributed by atoms with van der Waals surface area (Å²) < 4.78 is 2.51. The number of hydrogen-bond acceptors (Lipinski definition) is 2. The largest absolute Gasteiger partial charge is 0.347 e. The van der Waals surface area contributed by atoms with E-state index in [1.165, 1.54) is 66.1 Å². The second-order valence-corrected chi connectivity index (χ2v) is 11.8. The van der Waals surface area contributed by atoms with Crippen LogP contribution in [0.4, 0.5) is 0 Å². The van der Waals surface area contributed by atoms with Crippen molar-refractivity contribution in [3.8, 4) is 0 Å². The van der Waals surface area contributed by atoms with Gasteiger partial charge in [0.25, 0.3) is 0 Å². The zero-order valence-electron chi connectivity index (χ0n) is 22.1. The molecule has 3 aromatic rings. The molecule has 5 rings (SSSR count). The highest BCUT2D eigenvalue weighted by Crippen LogP contribution is 2.37. The van der Waals surface area contributed by atoms with Crippen molar-refractivity contribution in [1.82, 2.24) is 4.57 Å². The van der Waals surface area contributed by atoms with Gasteiger partial charge in [0.05, 0.1) is 0 Å². The molecular weight excluding hydrogens is 440 g/mol. The molecule has 1 unspecified atom stereocenters. The van der Waals surface area contributed by atoms with Crippen molar-refractivity contribution < 1.29 is 4.79 Å². The molecule has 3 nitrogen and oxygen atoms in total. The zero-order valence-corrected chi connectivity index (χ0v) is 22.1. The molecule has 0 spiro atoms. The summed E-state index contributed by atoms with van der Waals surface area (Å²) in [6.07, 6.45) is 16.2. The Morgan fingerprint density at radius 2 is 1.67 bits per heavy atom. The van der Waals surface area contributed by atoms with Gasteiger partial charge in [0.2, 0.25) is 0 Å². The molecule has 2 aromatic carbocycles. The van der Waals surface area contributed by atoms with Crippen LogP contribution in [0.2, 0.25) is 0 Å². The van der Waals surface area contributed by atoms with E-state index in [1.807, 2.05) is 0 Å². The van der Waals surface area contributed by atoms with Crippen LogP contribution in [0, 0.1) is 18.8 Å². The summed E-state index contributed by atoms with van der Waals surface area (Å²) in [5.41, 5.74) is 11.3. The average Bonchev–Trinajstić information content (AvgIpc) is 3.04. The average molecular weight is 485 g/mol. The minimum Gasteiger partial charge on any atom is -0.347 e. The molecule has 0 aliphatic heterocycles. The van der Waals surface area contributed by atoms with E-state index >= 15 is 0 Å². The summed E-state index contributed by atoms with van der Waals surface area (Å²) in [5.74, 6) is 1.77. The Hall–Kier alpha value is -2.39. The minimum atomic E-state index is 0.100. The first-order valence-electron chi connectivity index (χ1n) is 14.5. The molecule has 0 saturated heterocycles. The van der Waals surface area contributed by atoms with Gasteiger partial charge in [-0.15, -0.1) is 0 Å². The highest BCUT2D eigenvalue weighted by Gasteiger charge is 2.26. The smallest absolute Gasteiger partial charge is 0.134 e. The summed E-state index contributed by atoms with van der Waals surface area (Å²) in [7, 11) is 0. The van der Waals surface area contributed by atoms with Gasteiger partial charge >= 0.3 is 0 Å². The molecule has 2 fully saturated rings. The number of nitrogens with zero attached hydrogens (tertiary/aromatic N) is 1. The van der Waals surface area contributed by atoms with Gasteiger partial charge in [-0.1, -0.05) is 73.7 Å². The molecular formula is C33H44N2O. The van der Waals surface area contributed by atoms with Crippen molar-refractivity contribution in [3.05, 3.63) is 71.4 Å². The van der Waals surface area contributed by atoms with Gasteiger partial charge in [0.1, 0.15) is 5.78 Å². The van der Waals surface area contributed by atoms with Gasteiger partial charge in [-0.2, -0.15) is 0 Å². The van der Waals surface area contributed by atoms with E-state index in [0.29, 0.717) is 30.6 Å². The van der Waals surface area contributed by atoms with Crippen LogP contribution in [0.15, 0.2) is 54.7 Å². The lowest BCUT2D eigenvalue weighted by atomic mass is 9.80. The van der Waals surface area contributed by atoms with Crippen LogP contribution < -0.4 is 5.73 Å². The Balaban J connectivity index is 1.45. The van der Waals surface area contributed by atoms with Gasteiger partial charge in [0.15, 0.2) is 0 Å². The summed E-state index contributed by atoms with van der Waals surface area (Å²) >= 11 is 0. The van der Waals surface area contributed by atoms with Crippen molar-refractivity contribution in [2.45, 2.75) is 102 Å². The highest BCUT2D eigenvalue weighted by molar-refractivity contribution is 5.87. The maximum atomic E-state index is 13.5. The van der Waals surface area contributed by atoms with Crippen LogP contribution >= 0.6 is 0 Å². The summed E-state index contributed by atoms with van der Waals surface area (Å²) in [5, 5.41) is 1.31. The van der Waals surface area contributed by atoms with Gasteiger partial charge in [-0.3, -0.25) is 4.79 Å². The van der Waals surface area contributed by atoms with E-state index in [0.717, 1.165) is 38.1 Å². The van der Waals surface area contributed by atoms with E-state index < -0.39 is 0 Å². The first-order chi connectivity index (χ1) is 17.6. The Bertz CT molecular complexity index is 1150. The van der Waals surface area contributed by atoms with Crippen LogP contribution in [0.1, 0.15) is 99.7 Å². The van der Waals surface area contributed by atoms with Crippen LogP contribution in [-0.2, 0) is 11.3 Å². The molecule has 1 atom stereocenters. The second kappa shape index (κ2) is 11.8. The minimum absolute atomic E-state index is 0.100. The van der Waals surface area contributed by atoms with E-state index in [4.69, 9.17) is 5.73 Å². The Kier molecular flexibility index (Phi) is 8.26. The van der Waals surface area contributed by atoms with Crippen molar-refractivity contribution in [3.63, 3.8) is 0 Å². The number of carbonyl (C=O) groups is 1. The predicted molar refractivity (Wildman–Crippen MR) is 150 cm³/mol. The highest BCUT2D eigenvalue weighted by atomic mass is 16.1. The third-order valence-electron chi connectivity index (χ3n) is 8.91. The monoisotopic (exact) mass is 484 g/mol. The molecule has 0 radical (unpaired) electrons. The lowest BCUT2D eigenvalue weighted by molar-refractivity contribution is -0.120. The third-order valence-corrected chi connectivity index (χ3v) is 8.91. The second-order valence-electron chi connectivity index (χ2n) is 11.8. The molecule has 3 heteroatoms. The Morgan fingerprint density at radius 1 is 0.917 bits per heavy atom. The molecule has 2 aliphatic carbocycles. The van der Waals surface area contributed by atoms with Crippen molar-refractivity contribution >= 4 is 16.7 Å². The normalized spacial score (nSPS) is 22.4. The Labute approximate surface area is 217 Å². The number of aryl methyl sites for hydroxylation is 1. The molecule has 0 amide bonds. The molecule has 2 saturated carbocycles. The molecule has 192 valence electrons. The number of Topliss-reactive ketones (excluding diaryl/α,β-unsaturated/α-hetero) is 1. The maximum absolute atomic E-state index is 13.5. The maximum Gasteiger partial charge on any atom is 0.134 e. The molecule has 0 bridgehead atoms. The fraction of sp³-hybridized carbons (Fsp3) is 0.545. The number of rotatable bonds is 8. The number of para-hydroxylation sites is 1. The Morgan fingerprint density at radius 3 is 2.42 bits per heavy atom. The SMILES string of the molecule is Cc1cccc(C(CC(=O)CC2CCC(N)CC2)c2cn(CC3CCCCCC3)c3ccccc23)c1. The van der Waals surface area contributed by atoms with Gasteiger partial charge in [0, 0.05) is 48.4 Å². The quantitative estimate of drug-likeness (QED) is 0.330. The zero-order chi connectivity index (χ0) is 24.9. The number of ketones is 1. The summed E-state index contributed by atoms with van der Waals surface area (Å²) in [6.45, 7) is 3.25. The van der Waals surface area contributed by atoms with E-state index in [2.05, 4.69) is 66.2 Å². The molecule has 1 heterocycles. The fourth-order valence-electron chi connectivity index (χ4n) is 6.85. The van der Waals surface area contributed by atoms with Crippen molar-refractivity contribution in [2.75, 3.05) is 0 Å². The van der Waals surface area contributed by atoms with Crippen LogP contribution in [0.5, 0.6) is 0 Å². The molecule has 36 heavy (non-hydrogen) atoms. The van der Waals surface area contributed by atoms with Crippen LogP contribution in [0.25, 0.3) is 10.9 Å². The number of nitrogens with two attached hydrogens (primary N) is 1. The molecule has 2 aliphatic rings. The van der Waals surface area contributed by atoms with Crippen LogP contribution in [0.3, 0.4) is 0 Å². The first-order valence-corrected chi connectivity index (χ1v) is 14.5. The topological polar surface area (TPSA) is 48.0 Å². The summed E-state index contributed by atoms with van der Waals surface area (Å²) in [4.78, 5) is 13.5. The number of benzene rings is 2. The number of carbonyl (C=O) groups excluding carboxylic acids is 1. The number of aromatic nitrogens is 1. The number of fused-ring (bicyclic) bond motifs is 1. The standard InChI is InChI=1S/C33H44N2O/c1-24-9-8-12-27(19-24)31(21-29(36)20-25-15-17-28(34)18-16-25)32-23-35(33-14-7-6-13-30(32)33)22-26-10-4-2-3-5-11-26/h6-9,12-14,19,23,25-26,28,31H,2-5,10-11,15-18,20-22,34H2,1H3. The lowest BCUT2D eigenvalue weighted by Crippen LogP contribution is -2.27. The first kappa shape index (κ1) is 25.3. The van der Waals surface area contributed by atoms with Crippen molar-refractivity contribution in [1.29, 1.82) is 0 Å². The fourth-order valence-corrected chi connectivity index (χ4v) is 6.85. The van der Waals surface area contributed by atoms with Crippen LogP contribution in [-0.4, -0.2) is 16.4 Å². The molecule has 2 N–H and O–H groups in total.